The number of para-hydroxylation sites is 1. The van der Waals surface area contributed by atoms with Gasteiger partial charge < -0.3 is 20.3 Å². The first-order valence-electron chi connectivity index (χ1n) is 10.00. The van der Waals surface area contributed by atoms with Crippen LogP contribution in [-0.2, 0) is 29.0 Å². The Kier molecular flexibility index (Phi) is 4.97. The molecule has 4 rings (SSSR count). The number of anilines is 1. The van der Waals surface area contributed by atoms with Gasteiger partial charge in [0.2, 0.25) is 5.91 Å². The van der Waals surface area contributed by atoms with Crippen LogP contribution in [0, 0.1) is 0 Å². The minimum atomic E-state index is -0.735. The molecular formula is C23H25N3O4. The Bertz CT molecular complexity index is 1010. The van der Waals surface area contributed by atoms with E-state index < -0.39 is 17.7 Å². The van der Waals surface area contributed by atoms with Crippen LogP contribution in [0.3, 0.4) is 0 Å². The van der Waals surface area contributed by atoms with E-state index in [4.69, 9.17) is 4.74 Å². The van der Waals surface area contributed by atoms with Crippen molar-refractivity contribution in [3.05, 3.63) is 64.7 Å². The number of amides is 3. The number of alkyl carbamates (subject to hydrolysis) is 1. The van der Waals surface area contributed by atoms with Gasteiger partial charge in [-0.1, -0.05) is 24.3 Å². The zero-order valence-electron chi connectivity index (χ0n) is 17.3. The topological polar surface area (TPSA) is 87.7 Å². The van der Waals surface area contributed by atoms with Gasteiger partial charge in [0.25, 0.3) is 5.91 Å². The summed E-state index contributed by atoms with van der Waals surface area (Å²) in [5.74, 6) is -0.313. The molecular weight excluding hydrogens is 382 g/mol. The minimum absolute atomic E-state index is 0.0435. The molecule has 0 saturated carbocycles. The highest BCUT2D eigenvalue weighted by molar-refractivity contribution is 6.10. The molecule has 0 aliphatic carbocycles. The molecule has 2 heterocycles. The predicted octanol–water partition coefficient (Wildman–Crippen LogP) is 2.91. The van der Waals surface area contributed by atoms with E-state index >= 15 is 0 Å². The van der Waals surface area contributed by atoms with Crippen molar-refractivity contribution in [1.82, 2.24) is 10.6 Å². The summed E-state index contributed by atoms with van der Waals surface area (Å²) in [7, 11) is 0. The number of benzene rings is 2. The summed E-state index contributed by atoms with van der Waals surface area (Å²) in [4.78, 5) is 39.3. The fourth-order valence-corrected chi connectivity index (χ4v) is 3.81. The van der Waals surface area contributed by atoms with Gasteiger partial charge in [-0.05, 0) is 55.7 Å². The summed E-state index contributed by atoms with van der Waals surface area (Å²) in [5.41, 5.74) is 3.62. The molecule has 7 nitrogen and oxygen atoms in total. The maximum absolute atomic E-state index is 12.9. The van der Waals surface area contributed by atoms with E-state index in [1.807, 2.05) is 42.5 Å². The Labute approximate surface area is 175 Å². The number of fused-ring (bicyclic) bond motifs is 2. The van der Waals surface area contributed by atoms with Crippen LogP contribution in [0.2, 0.25) is 0 Å². The van der Waals surface area contributed by atoms with Crippen molar-refractivity contribution < 1.29 is 19.1 Å². The Morgan fingerprint density at radius 2 is 1.83 bits per heavy atom. The van der Waals surface area contributed by atoms with E-state index in [1.165, 1.54) is 0 Å². The average molecular weight is 407 g/mol. The van der Waals surface area contributed by atoms with Gasteiger partial charge in [0.15, 0.2) is 0 Å². The van der Waals surface area contributed by atoms with Gasteiger partial charge in [-0.15, -0.1) is 0 Å². The SMILES string of the molecule is CC(C)(C)OC(=O)N[C@H]1Cc2cc3c(cc2CNC1=O)C(=O)N(c1ccccc1)C3. The Morgan fingerprint density at radius 1 is 1.10 bits per heavy atom. The van der Waals surface area contributed by atoms with E-state index in [2.05, 4.69) is 10.6 Å². The monoisotopic (exact) mass is 407 g/mol. The maximum atomic E-state index is 12.9. The number of ether oxygens (including phenoxy) is 1. The highest BCUT2D eigenvalue weighted by Crippen LogP contribution is 2.31. The molecule has 0 bridgehead atoms. The number of rotatable bonds is 2. The van der Waals surface area contributed by atoms with E-state index in [9.17, 15) is 14.4 Å². The Hall–Kier alpha value is -3.35. The normalized spacial score (nSPS) is 18.2. The Balaban J connectivity index is 1.57. The van der Waals surface area contributed by atoms with E-state index in [1.54, 1.807) is 25.7 Å². The van der Waals surface area contributed by atoms with Crippen LogP contribution in [0.5, 0.6) is 0 Å². The molecule has 0 aromatic heterocycles. The Morgan fingerprint density at radius 3 is 2.53 bits per heavy atom. The zero-order chi connectivity index (χ0) is 21.5. The smallest absolute Gasteiger partial charge is 0.408 e. The summed E-state index contributed by atoms with van der Waals surface area (Å²) >= 11 is 0. The van der Waals surface area contributed by atoms with Crippen LogP contribution in [0.25, 0.3) is 0 Å². The van der Waals surface area contributed by atoms with E-state index in [0.717, 1.165) is 22.4 Å². The number of hydrogen-bond acceptors (Lipinski definition) is 4. The van der Waals surface area contributed by atoms with Crippen molar-refractivity contribution in [1.29, 1.82) is 0 Å². The molecule has 30 heavy (non-hydrogen) atoms. The van der Waals surface area contributed by atoms with Crippen molar-refractivity contribution in [3.8, 4) is 0 Å². The molecule has 1 atom stereocenters. The molecule has 7 heteroatoms. The molecule has 2 aromatic rings. The quantitative estimate of drug-likeness (QED) is 0.801. The lowest BCUT2D eigenvalue weighted by Crippen LogP contribution is -2.48. The molecule has 2 aromatic carbocycles. The fourth-order valence-electron chi connectivity index (χ4n) is 3.81. The molecule has 0 spiro atoms. The first-order valence-corrected chi connectivity index (χ1v) is 10.00. The summed E-state index contributed by atoms with van der Waals surface area (Å²) in [6.07, 6.45) is -0.287. The van der Waals surface area contributed by atoms with Gasteiger partial charge in [0.05, 0.1) is 6.54 Å². The zero-order valence-corrected chi connectivity index (χ0v) is 17.3. The molecule has 156 valence electrons. The first-order chi connectivity index (χ1) is 14.2. The van der Waals surface area contributed by atoms with Crippen molar-refractivity contribution in [2.24, 2.45) is 0 Å². The van der Waals surface area contributed by atoms with Gasteiger partial charge in [0.1, 0.15) is 11.6 Å². The van der Waals surface area contributed by atoms with Crippen LogP contribution in [0.15, 0.2) is 42.5 Å². The lowest BCUT2D eigenvalue weighted by atomic mass is 9.96. The first kappa shape index (κ1) is 19.9. The van der Waals surface area contributed by atoms with Crippen molar-refractivity contribution in [2.45, 2.75) is 51.9 Å². The number of carbonyl (C=O) groups is 3. The largest absolute Gasteiger partial charge is 0.444 e. The van der Waals surface area contributed by atoms with E-state index in [-0.39, 0.29) is 11.8 Å². The van der Waals surface area contributed by atoms with E-state index in [0.29, 0.717) is 25.1 Å². The molecule has 0 fully saturated rings. The third-order valence-corrected chi connectivity index (χ3v) is 5.18. The van der Waals surface area contributed by atoms with Crippen molar-refractivity contribution in [2.75, 3.05) is 4.90 Å². The summed E-state index contributed by atoms with van der Waals surface area (Å²) in [6.45, 7) is 6.11. The van der Waals surface area contributed by atoms with Gasteiger partial charge in [-0.2, -0.15) is 0 Å². The number of nitrogens with zero attached hydrogens (tertiary/aromatic N) is 1. The molecule has 2 aliphatic heterocycles. The lowest BCUT2D eigenvalue weighted by molar-refractivity contribution is -0.123. The highest BCUT2D eigenvalue weighted by atomic mass is 16.6. The third kappa shape index (κ3) is 4.01. The lowest BCUT2D eigenvalue weighted by Gasteiger charge is -2.22. The van der Waals surface area contributed by atoms with Crippen LogP contribution < -0.4 is 15.5 Å². The second-order valence-corrected chi connectivity index (χ2v) is 8.63. The number of nitrogens with one attached hydrogen (secondary N) is 2. The van der Waals surface area contributed by atoms with Gasteiger partial charge >= 0.3 is 6.09 Å². The molecule has 0 unspecified atom stereocenters. The molecule has 2 aliphatic rings. The molecule has 0 radical (unpaired) electrons. The fraction of sp³-hybridized carbons (Fsp3) is 0.348. The molecule has 2 N–H and O–H groups in total. The molecule has 0 saturated heterocycles. The molecule has 3 amide bonds. The van der Waals surface area contributed by atoms with Crippen LogP contribution in [0.4, 0.5) is 10.5 Å². The highest BCUT2D eigenvalue weighted by Gasteiger charge is 2.32. The minimum Gasteiger partial charge on any atom is -0.444 e. The van der Waals surface area contributed by atoms with Crippen molar-refractivity contribution in [3.63, 3.8) is 0 Å². The van der Waals surface area contributed by atoms with Crippen molar-refractivity contribution >= 4 is 23.6 Å². The van der Waals surface area contributed by atoms with Gasteiger partial charge in [0, 0.05) is 24.2 Å². The summed E-state index contributed by atoms with van der Waals surface area (Å²) in [5, 5.41) is 5.50. The number of hydrogen-bond donors (Lipinski definition) is 2. The van der Waals surface area contributed by atoms with Crippen LogP contribution in [-0.4, -0.2) is 29.6 Å². The standard InChI is InChI=1S/C23H25N3O4/c1-23(2,3)30-22(29)25-19-11-14-9-16-13-26(17-7-5-4-6-8-17)21(28)18(16)10-15(14)12-24-20(19)27/h4-10,19H,11-13H2,1-3H3,(H,24,27)(H,25,29)/t19-/m0/s1. The second kappa shape index (κ2) is 7.48. The van der Waals surface area contributed by atoms with Gasteiger partial charge in [-0.3, -0.25) is 9.59 Å². The van der Waals surface area contributed by atoms with Gasteiger partial charge in [-0.25, -0.2) is 4.79 Å². The third-order valence-electron chi connectivity index (χ3n) is 5.18. The average Bonchev–Trinajstić information content (AvgIpc) is 2.91. The maximum Gasteiger partial charge on any atom is 0.408 e. The summed E-state index contributed by atoms with van der Waals surface area (Å²) < 4.78 is 5.29. The van der Waals surface area contributed by atoms with Crippen LogP contribution in [0.1, 0.15) is 47.8 Å². The van der Waals surface area contributed by atoms with Crippen LogP contribution >= 0.6 is 0 Å². The second-order valence-electron chi connectivity index (χ2n) is 8.63. The predicted molar refractivity (Wildman–Crippen MR) is 112 cm³/mol. The summed E-state index contributed by atoms with van der Waals surface area (Å²) in [6, 6.07) is 12.7. The number of carbonyl (C=O) groups excluding carboxylic acids is 3.